The number of aliphatic hydroxyl groups excluding tert-OH is 1. The van der Waals surface area contributed by atoms with E-state index in [1.54, 1.807) is 30.3 Å². The lowest BCUT2D eigenvalue weighted by atomic mass is 10.1. The van der Waals surface area contributed by atoms with Crippen molar-refractivity contribution in [1.29, 1.82) is 0 Å². The lowest BCUT2D eigenvalue weighted by Gasteiger charge is -2.11. The van der Waals surface area contributed by atoms with Crippen molar-refractivity contribution in [3.8, 4) is 0 Å². The van der Waals surface area contributed by atoms with E-state index in [-0.39, 0.29) is 17.9 Å². The molecule has 2 N–H and O–H groups in total. The molecule has 0 spiro atoms. The van der Waals surface area contributed by atoms with E-state index in [1.807, 2.05) is 24.3 Å². The third-order valence-electron chi connectivity index (χ3n) is 3.62. The van der Waals surface area contributed by atoms with Crippen molar-refractivity contribution in [2.24, 2.45) is 0 Å². The molecule has 0 aliphatic carbocycles. The molecule has 0 bridgehead atoms. The summed E-state index contributed by atoms with van der Waals surface area (Å²) in [6, 6.07) is 15.8. The molecule has 1 aromatic heterocycles. The van der Waals surface area contributed by atoms with Crippen LogP contribution in [0.25, 0.3) is 10.8 Å². The number of nitrogens with one attached hydrogen (secondary N) is 1. The smallest absolute Gasteiger partial charge is 0.241 e. The normalized spacial score (nSPS) is 13.3. The highest BCUT2D eigenvalue weighted by Crippen LogP contribution is 2.23. The Hall–Kier alpha value is -2.15. The highest BCUT2D eigenvalue weighted by atomic mass is 32.2. The maximum absolute atomic E-state index is 12.5. The second-order valence-electron chi connectivity index (χ2n) is 5.19. The number of hydrogen-bond donors (Lipinski definition) is 2. The van der Waals surface area contributed by atoms with Crippen molar-refractivity contribution in [3.05, 3.63) is 66.6 Å². The Bertz CT molecular complexity index is 883. The van der Waals surface area contributed by atoms with Crippen molar-refractivity contribution in [2.75, 3.05) is 6.54 Å². The van der Waals surface area contributed by atoms with Crippen LogP contribution in [0.15, 0.2) is 70.2 Å². The number of aliphatic hydroxyl groups is 1. The van der Waals surface area contributed by atoms with E-state index in [4.69, 9.17) is 4.42 Å². The van der Waals surface area contributed by atoms with E-state index in [1.165, 1.54) is 6.26 Å². The molecule has 0 saturated heterocycles. The average molecular weight is 331 g/mol. The Morgan fingerprint density at radius 2 is 1.83 bits per heavy atom. The highest BCUT2D eigenvalue weighted by Gasteiger charge is 2.18. The van der Waals surface area contributed by atoms with Gasteiger partial charge in [-0.15, -0.1) is 0 Å². The van der Waals surface area contributed by atoms with Gasteiger partial charge in [-0.05, 0) is 30.0 Å². The van der Waals surface area contributed by atoms with Crippen molar-refractivity contribution in [2.45, 2.75) is 17.4 Å². The third-order valence-corrected chi connectivity index (χ3v) is 5.14. The number of sulfonamides is 1. The topological polar surface area (TPSA) is 79.5 Å². The summed E-state index contributed by atoms with van der Waals surface area (Å²) in [6.07, 6.45) is 0.872. The van der Waals surface area contributed by atoms with Gasteiger partial charge in [-0.1, -0.05) is 36.4 Å². The van der Waals surface area contributed by atoms with E-state index in [2.05, 4.69) is 4.72 Å². The standard InChI is InChI=1S/C17H17NO4S/c19-15(16-8-4-12-22-16)10-11-18-23(20,21)17-9-3-6-13-5-1-2-7-14(13)17/h1-9,12,15,18-19H,10-11H2. The summed E-state index contributed by atoms with van der Waals surface area (Å²) >= 11 is 0. The molecule has 1 atom stereocenters. The molecule has 0 aliphatic rings. The molecule has 120 valence electrons. The molecule has 1 heterocycles. The molecule has 0 aliphatic heterocycles. The molecule has 0 radical (unpaired) electrons. The summed E-state index contributed by atoms with van der Waals surface area (Å²) in [5, 5.41) is 11.5. The molecule has 0 fully saturated rings. The van der Waals surface area contributed by atoms with Gasteiger partial charge in [-0.3, -0.25) is 0 Å². The van der Waals surface area contributed by atoms with E-state index in [0.717, 1.165) is 5.39 Å². The van der Waals surface area contributed by atoms with Crippen LogP contribution in [0.2, 0.25) is 0 Å². The third kappa shape index (κ3) is 3.44. The number of fused-ring (bicyclic) bond motifs is 1. The summed E-state index contributed by atoms with van der Waals surface area (Å²) in [6.45, 7) is 0.118. The van der Waals surface area contributed by atoms with Crippen LogP contribution in [0.5, 0.6) is 0 Å². The van der Waals surface area contributed by atoms with Crippen LogP contribution >= 0.6 is 0 Å². The molecular weight excluding hydrogens is 314 g/mol. The van der Waals surface area contributed by atoms with Gasteiger partial charge < -0.3 is 9.52 Å². The summed E-state index contributed by atoms with van der Waals surface area (Å²) < 4.78 is 32.6. The molecule has 2 aromatic carbocycles. The van der Waals surface area contributed by atoms with E-state index >= 15 is 0 Å². The van der Waals surface area contributed by atoms with Crippen LogP contribution in [0.3, 0.4) is 0 Å². The lowest BCUT2D eigenvalue weighted by molar-refractivity contribution is 0.142. The van der Waals surface area contributed by atoms with Gasteiger partial charge in [0.15, 0.2) is 0 Å². The maximum Gasteiger partial charge on any atom is 0.241 e. The zero-order valence-electron chi connectivity index (χ0n) is 12.3. The molecule has 5 nitrogen and oxygen atoms in total. The van der Waals surface area contributed by atoms with Gasteiger partial charge in [0, 0.05) is 11.9 Å². The first kappa shape index (κ1) is 15.7. The van der Waals surface area contributed by atoms with Gasteiger partial charge in [0.2, 0.25) is 10.0 Å². The lowest BCUT2D eigenvalue weighted by Crippen LogP contribution is -2.26. The Morgan fingerprint density at radius 3 is 2.61 bits per heavy atom. The molecule has 3 aromatic rings. The monoisotopic (exact) mass is 331 g/mol. The second-order valence-corrected chi connectivity index (χ2v) is 6.93. The Labute approximate surface area is 134 Å². The van der Waals surface area contributed by atoms with Crippen molar-refractivity contribution >= 4 is 20.8 Å². The number of rotatable bonds is 6. The first-order chi connectivity index (χ1) is 11.1. The molecule has 3 rings (SSSR count). The molecule has 6 heteroatoms. The number of hydrogen-bond acceptors (Lipinski definition) is 4. The summed E-state index contributed by atoms with van der Waals surface area (Å²) in [4.78, 5) is 0.239. The molecular formula is C17H17NO4S. The van der Waals surface area contributed by atoms with Gasteiger partial charge in [-0.2, -0.15) is 0 Å². The summed E-state index contributed by atoms with van der Waals surface area (Å²) in [7, 11) is -3.64. The predicted octanol–water partition coefficient (Wildman–Crippen LogP) is 2.83. The van der Waals surface area contributed by atoms with Crippen LogP contribution < -0.4 is 4.72 Å². The fourth-order valence-corrected chi connectivity index (χ4v) is 3.74. The van der Waals surface area contributed by atoms with E-state index in [9.17, 15) is 13.5 Å². The first-order valence-corrected chi connectivity index (χ1v) is 8.75. The first-order valence-electron chi connectivity index (χ1n) is 7.27. The second kappa shape index (κ2) is 6.54. The van der Waals surface area contributed by atoms with Crippen molar-refractivity contribution < 1.29 is 17.9 Å². The quantitative estimate of drug-likeness (QED) is 0.728. The van der Waals surface area contributed by atoms with Gasteiger partial charge in [0.05, 0.1) is 11.2 Å². The van der Waals surface area contributed by atoms with E-state index < -0.39 is 16.1 Å². The van der Waals surface area contributed by atoms with Crippen LogP contribution in [-0.4, -0.2) is 20.1 Å². The van der Waals surface area contributed by atoms with Crippen LogP contribution in [0.4, 0.5) is 0 Å². The highest BCUT2D eigenvalue weighted by molar-refractivity contribution is 7.89. The fraction of sp³-hybridized carbons (Fsp3) is 0.176. The minimum atomic E-state index is -3.64. The molecule has 23 heavy (non-hydrogen) atoms. The minimum Gasteiger partial charge on any atom is -0.467 e. The van der Waals surface area contributed by atoms with Crippen LogP contribution in [0, 0.1) is 0 Å². The summed E-state index contributed by atoms with van der Waals surface area (Å²) in [5.74, 6) is 0.425. The fourth-order valence-electron chi connectivity index (χ4n) is 2.46. The van der Waals surface area contributed by atoms with Crippen LogP contribution in [-0.2, 0) is 10.0 Å². The van der Waals surface area contributed by atoms with Gasteiger partial charge in [0.1, 0.15) is 11.9 Å². The predicted molar refractivity (Wildman–Crippen MR) is 87.4 cm³/mol. The van der Waals surface area contributed by atoms with Gasteiger partial charge in [-0.25, -0.2) is 13.1 Å². The van der Waals surface area contributed by atoms with Crippen molar-refractivity contribution in [3.63, 3.8) is 0 Å². The zero-order valence-corrected chi connectivity index (χ0v) is 13.2. The van der Waals surface area contributed by atoms with E-state index in [0.29, 0.717) is 11.1 Å². The Kier molecular flexibility index (Phi) is 4.47. The van der Waals surface area contributed by atoms with Gasteiger partial charge in [0.25, 0.3) is 0 Å². The Morgan fingerprint density at radius 1 is 1.04 bits per heavy atom. The average Bonchev–Trinajstić information content (AvgIpc) is 3.08. The SMILES string of the molecule is O=S(=O)(NCCC(O)c1ccco1)c1cccc2ccccc12. The molecule has 0 saturated carbocycles. The number of furan rings is 1. The van der Waals surface area contributed by atoms with Gasteiger partial charge >= 0.3 is 0 Å². The largest absolute Gasteiger partial charge is 0.467 e. The minimum absolute atomic E-state index is 0.118. The Balaban J connectivity index is 1.74. The molecule has 0 amide bonds. The molecule has 1 unspecified atom stereocenters. The van der Waals surface area contributed by atoms with Crippen LogP contribution in [0.1, 0.15) is 18.3 Å². The van der Waals surface area contributed by atoms with Crippen molar-refractivity contribution in [1.82, 2.24) is 4.72 Å². The number of benzene rings is 2. The maximum atomic E-state index is 12.5. The zero-order chi connectivity index (χ0) is 16.3. The summed E-state index contributed by atoms with van der Waals surface area (Å²) in [5.41, 5.74) is 0.